The monoisotopic (exact) mass is 430 g/mol. The zero-order valence-corrected chi connectivity index (χ0v) is 21.3. The third-order valence-electron chi connectivity index (χ3n) is 11.0. The summed E-state index contributed by atoms with van der Waals surface area (Å²) >= 11 is 0. The van der Waals surface area contributed by atoms with E-state index in [9.17, 15) is 10.2 Å². The molecule has 4 rings (SSSR count). The van der Waals surface area contributed by atoms with Crippen molar-refractivity contribution < 1.29 is 10.2 Å². The van der Waals surface area contributed by atoms with Gasteiger partial charge in [0.05, 0.1) is 11.2 Å². The quantitative estimate of drug-likeness (QED) is 0.434. The molecule has 0 bridgehead atoms. The van der Waals surface area contributed by atoms with Crippen LogP contribution in [0, 0.1) is 40.4 Å². The van der Waals surface area contributed by atoms with Crippen molar-refractivity contribution in [3.05, 3.63) is 11.6 Å². The van der Waals surface area contributed by atoms with Gasteiger partial charge in [0.15, 0.2) is 0 Å². The van der Waals surface area contributed by atoms with Crippen LogP contribution in [0.4, 0.5) is 0 Å². The molecule has 0 amide bonds. The molecule has 3 saturated carbocycles. The number of aliphatic hydroxyl groups is 2. The minimum absolute atomic E-state index is 0.335. The van der Waals surface area contributed by atoms with E-state index in [1.807, 2.05) is 13.8 Å². The fourth-order valence-electron chi connectivity index (χ4n) is 8.95. The van der Waals surface area contributed by atoms with Gasteiger partial charge in [-0.25, -0.2) is 0 Å². The standard InChI is InChI=1S/C29H50O2/c1-7-29(31)18-17-27(5)21(19-29)10-11-22-24-13-12-23(28(24,6)16-14-25(22)27)20(2)9-8-15-26(3,4)30/h14,20-24,30-31H,7-13,15-19H2,1-6H3/t20-,21+,22+,23-,24+,27+,28-,29+/m1/s1. The third kappa shape index (κ3) is 4.18. The van der Waals surface area contributed by atoms with E-state index in [0.717, 1.165) is 55.8 Å². The first kappa shape index (κ1) is 23.8. The molecule has 3 fully saturated rings. The van der Waals surface area contributed by atoms with E-state index >= 15 is 0 Å². The lowest BCUT2D eigenvalue weighted by Gasteiger charge is -2.58. The van der Waals surface area contributed by atoms with Gasteiger partial charge >= 0.3 is 0 Å². The second-order valence-corrected chi connectivity index (χ2v) is 13.4. The van der Waals surface area contributed by atoms with Crippen molar-refractivity contribution in [1.82, 2.24) is 0 Å². The summed E-state index contributed by atoms with van der Waals surface area (Å²) in [4.78, 5) is 0. The van der Waals surface area contributed by atoms with Gasteiger partial charge in [-0.2, -0.15) is 0 Å². The normalized spacial score (nSPS) is 46.0. The molecular formula is C29H50O2. The van der Waals surface area contributed by atoms with Gasteiger partial charge in [0.25, 0.3) is 0 Å². The lowest BCUT2D eigenvalue weighted by atomic mass is 9.47. The number of fused-ring (bicyclic) bond motifs is 5. The Bertz CT molecular complexity index is 689. The molecular weight excluding hydrogens is 380 g/mol. The molecule has 0 aromatic carbocycles. The fourth-order valence-corrected chi connectivity index (χ4v) is 8.95. The molecule has 0 aromatic heterocycles. The van der Waals surface area contributed by atoms with Crippen LogP contribution in [0.15, 0.2) is 11.6 Å². The maximum absolute atomic E-state index is 11.0. The van der Waals surface area contributed by atoms with Gasteiger partial charge in [-0.05, 0) is 118 Å². The molecule has 8 atom stereocenters. The van der Waals surface area contributed by atoms with Crippen LogP contribution in [0.5, 0.6) is 0 Å². The topological polar surface area (TPSA) is 40.5 Å². The first-order valence-electron chi connectivity index (χ1n) is 13.6. The van der Waals surface area contributed by atoms with E-state index in [4.69, 9.17) is 0 Å². The van der Waals surface area contributed by atoms with Crippen molar-refractivity contribution in [3.8, 4) is 0 Å². The van der Waals surface area contributed by atoms with Crippen molar-refractivity contribution >= 4 is 0 Å². The Morgan fingerprint density at radius 2 is 1.87 bits per heavy atom. The second kappa shape index (κ2) is 8.15. The van der Waals surface area contributed by atoms with Crippen LogP contribution in [0.25, 0.3) is 0 Å². The van der Waals surface area contributed by atoms with E-state index in [2.05, 4.69) is 33.8 Å². The first-order chi connectivity index (χ1) is 14.4. The minimum Gasteiger partial charge on any atom is -0.390 e. The Kier molecular flexibility index (Phi) is 6.26. The predicted octanol–water partition coefficient (Wildman–Crippen LogP) is 7.28. The highest BCUT2D eigenvalue weighted by Gasteiger charge is 2.58. The molecule has 178 valence electrons. The lowest BCUT2D eigenvalue weighted by Crippen LogP contribution is -2.51. The molecule has 0 radical (unpaired) electrons. The Morgan fingerprint density at radius 3 is 2.55 bits per heavy atom. The largest absolute Gasteiger partial charge is 0.390 e. The third-order valence-corrected chi connectivity index (χ3v) is 11.0. The summed E-state index contributed by atoms with van der Waals surface area (Å²) in [7, 11) is 0. The number of rotatable bonds is 6. The SMILES string of the molecule is CC[C@]1(O)CC[C@]2(C)C3=CC[C@]4(C)[C@@H]([C@H](C)CCCC(C)(C)O)CC[C@H]4[C@@H]3CC[C@H]2C1. The highest BCUT2D eigenvalue weighted by Crippen LogP contribution is 2.67. The smallest absolute Gasteiger partial charge is 0.0648 e. The maximum Gasteiger partial charge on any atom is 0.0648 e. The van der Waals surface area contributed by atoms with Crippen molar-refractivity contribution in [2.75, 3.05) is 0 Å². The number of hydrogen-bond acceptors (Lipinski definition) is 2. The van der Waals surface area contributed by atoms with Gasteiger partial charge in [0, 0.05) is 0 Å². The van der Waals surface area contributed by atoms with Gasteiger partial charge in [0.1, 0.15) is 0 Å². The Hall–Kier alpha value is -0.340. The molecule has 0 spiro atoms. The van der Waals surface area contributed by atoms with Gasteiger partial charge in [-0.15, -0.1) is 0 Å². The molecule has 2 nitrogen and oxygen atoms in total. The summed E-state index contributed by atoms with van der Waals surface area (Å²) in [5.41, 5.74) is 1.67. The van der Waals surface area contributed by atoms with Crippen molar-refractivity contribution in [2.24, 2.45) is 40.4 Å². The predicted molar refractivity (Wildman–Crippen MR) is 130 cm³/mol. The lowest BCUT2D eigenvalue weighted by molar-refractivity contribution is -0.0771. The summed E-state index contributed by atoms with van der Waals surface area (Å²) in [5, 5.41) is 21.1. The Labute approximate surface area is 192 Å². The highest BCUT2D eigenvalue weighted by molar-refractivity contribution is 5.29. The van der Waals surface area contributed by atoms with Crippen LogP contribution in [-0.2, 0) is 0 Å². The summed E-state index contributed by atoms with van der Waals surface area (Å²) in [6, 6.07) is 0. The van der Waals surface area contributed by atoms with Crippen LogP contribution < -0.4 is 0 Å². The van der Waals surface area contributed by atoms with Gasteiger partial charge in [0.2, 0.25) is 0 Å². The Balaban J connectivity index is 1.49. The summed E-state index contributed by atoms with van der Waals surface area (Å²) < 4.78 is 0. The van der Waals surface area contributed by atoms with Crippen molar-refractivity contribution in [3.63, 3.8) is 0 Å². The van der Waals surface area contributed by atoms with Gasteiger partial charge in [-0.3, -0.25) is 0 Å². The molecule has 31 heavy (non-hydrogen) atoms. The molecule has 4 aliphatic carbocycles. The molecule has 0 unspecified atom stereocenters. The molecule has 0 aromatic rings. The number of hydrogen-bond donors (Lipinski definition) is 2. The fraction of sp³-hybridized carbons (Fsp3) is 0.931. The van der Waals surface area contributed by atoms with Gasteiger partial charge < -0.3 is 10.2 Å². The number of allylic oxidation sites excluding steroid dienone is 2. The molecule has 0 aliphatic heterocycles. The maximum atomic E-state index is 11.0. The van der Waals surface area contributed by atoms with Crippen molar-refractivity contribution in [1.29, 1.82) is 0 Å². The zero-order valence-electron chi connectivity index (χ0n) is 21.3. The average molecular weight is 431 g/mol. The average Bonchev–Trinajstić information content (AvgIpc) is 3.05. The summed E-state index contributed by atoms with van der Waals surface area (Å²) in [5.74, 6) is 3.92. The Morgan fingerprint density at radius 1 is 1.13 bits per heavy atom. The van der Waals surface area contributed by atoms with E-state index < -0.39 is 11.2 Å². The van der Waals surface area contributed by atoms with E-state index in [1.165, 1.54) is 44.9 Å². The van der Waals surface area contributed by atoms with Crippen LogP contribution in [0.2, 0.25) is 0 Å². The van der Waals surface area contributed by atoms with E-state index in [1.54, 1.807) is 5.57 Å². The molecule has 2 heteroatoms. The molecule has 0 saturated heterocycles. The van der Waals surface area contributed by atoms with Crippen LogP contribution in [0.3, 0.4) is 0 Å². The van der Waals surface area contributed by atoms with Crippen LogP contribution in [-0.4, -0.2) is 21.4 Å². The minimum atomic E-state index is -0.525. The zero-order chi connectivity index (χ0) is 22.7. The molecule has 0 heterocycles. The van der Waals surface area contributed by atoms with Crippen LogP contribution in [0.1, 0.15) is 119 Å². The first-order valence-corrected chi connectivity index (χ1v) is 13.6. The molecule has 2 N–H and O–H groups in total. The molecule has 4 aliphatic rings. The summed E-state index contributed by atoms with van der Waals surface area (Å²) in [6.45, 7) is 13.7. The second-order valence-electron chi connectivity index (χ2n) is 13.4. The summed E-state index contributed by atoms with van der Waals surface area (Å²) in [6.07, 6.45) is 16.9. The van der Waals surface area contributed by atoms with E-state index in [0.29, 0.717) is 16.7 Å². The van der Waals surface area contributed by atoms with Crippen molar-refractivity contribution in [2.45, 2.75) is 130 Å². The highest BCUT2D eigenvalue weighted by atomic mass is 16.3. The van der Waals surface area contributed by atoms with Crippen LogP contribution >= 0.6 is 0 Å². The van der Waals surface area contributed by atoms with E-state index in [-0.39, 0.29) is 0 Å². The van der Waals surface area contributed by atoms with Gasteiger partial charge in [-0.1, -0.05) is 52.2 Å².